The molecule has 0 saturated heterocycles. The third-order valence-corrected chi connectivity index (χ3v) is 5.07. The van der Waals surface area contributed by atoms with Gasteiger partial charge in [0.25, 0.3) is 0 Å². The summed E-state index contributed by atoms with van der Waals surface area (Å²) < 4.78 is 3.19. The molecule has 0 amide bonds. The first kappa shape index (κ1) is 22.3. The molecule has 1 aromatic carbocycles. The molecule has 0 aliphatic heterocycles. The van der Waals surface area contributed by atoms with E-state index < -0.39 is 0 Å². The van der Waals surface area contributed by atoms with Gasteiger partial charge in [0, 0.05) is 53.2 Å². The van der Waals surface area contributed by atoms with E-state index in [9.17, 15) is 0 Å². The molecule has 8 heteroatoms. The predicted molar refractivity (Wildman–Crippen MR) is 121 cm³/mol. The van der Waals surface area contributed by atoms with Crippen molar-refractivity contribution in [3.8, 4) is 0 Å². The molecule has 0 fully saturated rings. The Bertz CT molecular complexity index is 644. The fourth-order valence-corrected chi connectivity index (χ4v) is 3.42. The van der Waals surface area contributed by atoms with Crippen LogP contribution < -0.4 is 10.6 Å². The van der Waals surface area contributed by atoms with Crippen LogP contribution in [0, 0.1) is 0 Å². The van der Waals surface area contributed by atoms with E-state index in [0.717, 1.165) is 30.1 Å². The minimum absolute atomic E-state index is 0. The summed E-state index contributed by atoms with van der Waals surface area (Å²) in [6.07, 6.45) is 5.56. The number of halogens is 2. The molecule has 0 aliphatic carbocycles. The highest BCUT2D eigenvalue weighted by atomic mass is 127. The van der Waals surface area contributed by atoms with Gasteiger partial charge in [-0.1, -0.05) is 15.9 Å². The molecule has 0 unspecified atom stereocenters. The molecule has 0 radical (unpaired) electrons. The number of aliphatic imine (C=N–C) groups is 1. The number of thioether (sulfide) groups is 1. The smallest absolute Gasteiger partial charge is 0.191 e. The maximum Gasteiger partial charge on any atom is 0.191 e. The van der Waals surface area contributed by atoms with Crippen LogP contribution in [0.3, 0.4) is 0 Å². The Kier molecular flexibility index (Phi) is 9.88. The molecule has 0 bridgehead atoms. The third-order valence-electron chi connectivity index (χ3n) is 3.33. The minimum atomic E-state index is 0. The summed E-state index contributed by atoms with van der Waals surface area (Å²) in [7, 11) is 1.79. The molecule has 5 nitrogen and oxygen atoms in total. The van der Waals surface area contributed by atoms with Crippen LogP contribution in [0.15, 0.2) is 57.3 Å². The zero-order valence-electron chi connectivity index (χ0n) is 14.7. The summed E-state index contributed by atoms with van der Waals surface area (Å²) in [5, 5.41) is 6.73. The van der Waals surface area contributed by atoms with Gasteiger partial charge < -0.3 is 15.2 Å². The topological polar surface area (TPSA) is 54.2 Å². The molecule has 138 valence electrons. The molecule has 0 spiro atoms. The van der Waals surface area contributed by atoms with Crippen molar-refractivity contribution in [1.29, 1.82) is 0 Å². The van der Waals surface area contributed by atoms with Crippen molar-refractivity contribution >= 4 is 57.6 Å². The normalized spacial score (nSPS) is 11.8. The van der Waals surface area contributed by atoms with Crippen molar-refractivity contribution in [3.63, 3.8) is 0 Å². The van der Waals surface area contributed by atoms with E-state index in [0.29, 0.717) is 0 Å². The first-order valence-corrected chi connectivity index (χ1v) is 9.44. The molecule has 2 aromatic rings. The van der Waals surface area contributed by atoms with Crippen LogP contribution in [-0.4, -0.2) is 40.4 Å². The molecule has 2 N–H and O–H groups in total. The number of nitrogens with zero attached hydrogens (tertiary/aromatic N) is 3. The lowest BCUT2D eigenvalue weighted by atomic mass is 10.2. The number of rotatable bonds is 7. The second kappa shape index (κ2) is 11.1. The van der Waals surface area contributed by atoms with Crippen molar-refractivity contribution in [1.82, 2.24) is 20.2 Å². The van der Waals surface area contributed by atoms with Gasteiger partial charge in [-0.2, -0.15) is 0 Å². The molecule has 0 aliphatic rings. The lowest BCUT2D eigenvalue weighted by Gasteiger charge is -2.25. The zero-order valence-corrected chi connectivity index (χ0v) is 19.4. The van der Waals surface area contributed by atoms with Crippen molar-refractivity contribution in [3.05, 3.63) is 47.5 Å². The quantitative estimate of drug-likeness (QED) is 0.242. The van der Waals surface area contributed by atoms with Crippen molar-refractivity contribution in [2.45, 2.75) is 30.0 Å². The summed E-state index contributed by atoms with van der Waals surface area (Å²) in [6, 6.07) is 8.41. The number of hydrogen-bond acceptors (Lipinski definition) is 3. The Morgan fingerprint density at radius 2 is 2.00 bits per heavy atom. The van der Waals surface area contributed by atoms with Gasteiger partial charge in [0.1, 0.15) is 0 Å². The lowest BCUT2D eigenvalue weighted by molar-refractivity contribution is 0.638. The lowest BCUT2D eigenvalue weighted by Crippen LogP contribution is -2.44. The molecular weight excluding hydrogens is 513 g/mol. The number of imidazole rings is 1. The molecule has 1 heterocycles. The van der Waals surface area contributed by atoms with E-state index >= 15 is 0 Å². The number of hydrogen-bond donors (Lipinski definition) is 2. The number of nitrogens with one attached hydrogen (secondary N) is 2. The van der Waals surface area contributed by atoms with Crippen molar-refractivity contribution in [2.75, 3.05) is 20.1 Å². The predicted octanol–water partition coefficient (Wildman–Crippen LogP) is 4.00. The van der Waals surface area contributed by atoms with Crippen molar-refractivity contribution in [2.24, 2.45) is 4.99 Å². The number of aromatic nitrogens is 2. The van der Waals surface area contributed by atoms with E-state index in [1.165, 1.54) is 4.90 Å². The number of guanidine groups is 1. The van der Waals surface area contributed by atoms with E-state index in [1.54, 1.807) is 13.2 Å². The minimum Gasteiger partial charge on any atom is -0.355 e. The average molecular weight is 538 g/mol. The number of benzene rings is 1. The second-order valence-electron chi connectivity index (χ2n) is 5.97. The van der Waals surface area contributed by atoms with Crippen LogP contribution in [0.1, 0.15) is 13.8 Å². The Balaban J connectivity index is 0.00000312. The SMILES string of the molecule is CN=C(NCCn1ccnc1)NCC(C)(C)Sc1ccc(Br)cc1.I. The van der Waals surface area contributed by atoms with E-state index in [4.69, 9.17) is 0 Å². The summed E-state index contributed by atoms with van der Waals surface area (Å²) >= 11 is 5.32. The Hall–Kier alpha value is -0.740. The maximum atomic E-state index is 4.28. The first-order chi connectivity index (χ1) is 11.5. The van der Waals surface area contributed by atoms with Gasteiger partial charge in [-0.3, -0.25) is 4.99 Å². The molecule has 0 saturated carbocycles. The van der Waals surface area contributed by atoms with Gasteiger partial charge in [-0.25, -0.2) is 4.98 Å². The molecule has 0 atom stereocenters. The molecular formula is C17H25BrIN5S. The molecule has 2 rings (SSSR count). The fraction of sp³-hybridized carbons (Fsp3) is 0.412. The van der Waals surface area contributed by atoms with E-state index in [2.05, 4.69) is 74.7 Å². The van der Waals surface area contributed by atoms with Crippen molar-refractivity contribution < 1.29 is 0 Å². The van der Waals surface area contributed by atoms with Gasteiger partial charge in [0.2, 0.25) is 0 Å². The third kappa shape index (κ3) is 8.46. The van der Waals surface area contributed by atoms with Crippen LogP contribution in [0.4, 0.5) is 0 Å². The van der Waals surface area contributed by atoms with Crippen LogP contribution in [0.5, 0.6) is 0 Å². The van der Waals surface area contributed by atoms with Gasteiger partial charge in [0.05, 0.1) is 6.33 Å². The fourth-order valence-electron chi connectivity index (χ4n) is 2.10. The average Bonchev–Trinajstić information content (AvgIpc) is 3.06. The van der Waals surface area contributed by atoms with Crippen LogP contribution in [0.25, 0.3) is 0 Å². The molecule has 25 heavy (non-hydrogen) atoms. The largest absolute Gasteiger partial charge is 0.355 e. The van der Waals surface area contributed by atoms with Gasteiger partial charge in [0.15, 0.2) is 5.96 Å². The summed E-state index contributed by atoms with van der Waals surface area (Å²) in [5.74, 6) is 0.819. The Labute approximate surface area is 179 Å². The maximum absolute atomic E-state index is 4.28. The second-order valence-corrected chi connectivity index (χ2v) is 8.67. The van der Waals surface area contributed by atoms with Gasteiger partial charge in [-0.05, 0) is 38.1 Å². The highest BCUT2D eigenvalue weighted by molar-refractivity contribution is 14.0. The Morgan fingerprint density at radius 1 is 1.28 bits per heavy atom. The van der Waals surface area contributed by atoms with Crippen LogP contribution in [0.2, 0.25) is 0 Å². The van der Waals surface area contributed by atoms with Gasteiger partial charge in [-0.15, -0.1) is 35.7 Å². The monoisotopic (exact) mass is 537 g/mol. The summed E-state index contributed by atoms with van der Waals surface area (Å²) in [5.41, 5.74) is 0. The first-order valence-electron chi connectivity index (χ1n) is 7.83. The summed E-state index contributed by atoms with van der Waals surface area (Å²) in [4.78, 5) is 9.58. The van der Waals surface area contributed by atoms with Crippen LogP contribution in [-0.2, 0) is 6.54 Å². The summed E-state index contributed by atoms with van der Waals surface area (Å²) in [6.45, 7) is 6.93. The highest BCUT2D eigenvalue weighted by Gasteiger charge is 2.20. The van der Waals surface area contributed by atoms with E-state index in [-0.39, 0.29) is 28.7 Å². The molecule has 1 aromatic heterocycles. The standard InChI is InChI=1S/C17H24BrN5S.HI/c1-17(2,24-15-6-4-14(18)5-7-15)12-22-16(19-3)21-9-11-23-10-8-20-13-23;/h4-8,10,13H,9,11-12H2,1-3H3,(H2,19,21,22);1H. The Morgan fingerprint density at radius 3 is 2.60 bits per heavy atom. The highest BCUT2D eigenvalue weighted by Crippen LogP contribution is 2.32. The van der Waals surface area contributed by atoms with Gasteiger partial charge >= 0.3 is 0 Å². The van der Waals surface area contributed by atoms with Crippen LogP contribution >= 0.6 is 51.7 Å². The zero-order chi connectivity index (χ0) is 17.4. The van der Waals surface area contributed by atoms with E-state index in [1.807, 2.05) is 28.9 Å².